The molecule has 0 fully saturated rings. The van der Waals surface area contributed by atoms with Crippen molar-refractivity contribution in [3.63, 3.8) is 0 Å². The van der Waals surface area contributed by atoms with Crippen molar-refractivity contribution in [2.75, 3.05) is 0 Å². The second-order valence-electron chi connectivity index (χ2n) is 12.2. The van der Waals surface area contributed by atoms with Gasteiger partial charge in [0.1, 0.15) is 40.5 Å². The van der Waals surface area contributed by atoms with E-state index in [1.54, 1.807) is 6.20 Å². The lowest BCUT2D eigenvalue weighted by atomic mass is 9.94. The number of hydrogen-bond donors (Lipinski definition) is 2. The molecule has 4 heterocycles. The highest BCUT2D eigenvalue weighted by Gasteiger charge is 2.29. The fraction of sp³-hybridized carbons (Fsp3) is 0.0476. The highest BCUT2D eigenvalue weighted by atomic mass is 16.3. The molecule has 0 saturated heterocycles. The third-order valence-corrected chi connectivity index (χ3v) is 9.47. The van der Waals surface area contributed by atoms with E-state index < -0.39 is 0 Å². The summed E-state index contributed by atoms with van der Waals surface area (Å²) in [6.45, 7) is 0. The van der Waals surface area contributed by atoms with Crippen molar-refractivity contribution in [1.29, 1.82) is 0 Å². The Hall–Kier alpha value is -6.24. The summed E-state index contributed by atoms with van der Waals surface area (Å²) >= 11 is 0. The van der Waals surface area contributed by atoms with Crippen molar-refractivity contribution in [3.8, 4) is 11.1 Å². The Morgan fingerprint density at radius 3 is 2.27 bits per heavy atom. The molecule has 3 aromatic heterocycles. The Balaban J connectivity index is 1.19. The minimum atomic E-state index is -0.266. The Morgan fingerprint density at radius 2 is 1.38 bits per heavy atom. The SMILES string of the molecule is c1ccc(C2=NC(c3ccccc3)NC(c3ccc(-c4cccc5oc6c7ccccc7ccc6c45)c4oc5ccncc5c34)N2)cc1. The number of benzene rings is 6. The van der Waals surface area contributed by atoms with E-state index >= 15 is 0 Å². The molecule has 2 atom stereocenters. The number of nitrogens with one attached hydrogen (secondary N) is 2. The third-order valence-electron chi connectivity index (χ3n) is 9.47. The number of fused-ring (bicyclic) bond motifs is 8. The van der Waals surface area contributed by atoms with Crippen LogP contribution in [0.25, 0.3) is 65.8 Å². The van der Waals surface area contributed by atoms with Crippen LogP contribution in [0.2, 0.25) is 0 Å². The fourth-order valence-electron chi connectivity index (χ4n) is 7.25. The number of furan rings is 2. The lowest BCUT2D eigenvalue weighted by molar-refractivity contribution is 0.411. The average molecular weight is 621 g/mol. The van der Waals surface area contributed by atoms with E-state index in [4.69, 9.17) is 13.8 Å². The van der Waals surface area contributed by atoms with Crippen LogP contribution in [0.5, 0.6) is 0 Å². The first-order valence-corrected chi connectivity index (χ1v) is 16.1. The van der Waals surface area contributed by atoms with Gasteiger partial charge in [0.15, 0.2) is 0 Å². The molecule has 9 aromatic rings. The molecule has 1 aliphatic rings. The molecule has 0 saturated carbocycles. The number of pyridine rings is 1. The van der Waals surface area contributed by atoms with Crippen LogP contribution in [0.1, 0.15) is 29.0 Å². The van der Waals surface area contributed by atoms with Crippen molar-refractivity contribution in [3.05, 3.63) is 163 Å². The topological polar surface area (TPSA) is 75.6 Å². The van der Waals surface area contributed by atoms with Crippen LogP contribution >= 0.6 is 0 Å². The van der Waals surface area contributed by atoms with Crippen LogP contribution in [0.15, 0.2) is 160 Å². The van der Waals surface area contributed by atoms with Gasteiger partial charge in [0.2, 0.25) is 0 Å². The Labute approximate surface area is 275 Å². The predicted octanol–water partition coefficient (Wildman–Crippen LogP) is 10.0. The van der Waals surface area contributed by atoms with Crippen molar-refractivity contribution in [1.82, 2.24) is 15.6 Å². The molecule has 228 valence electrons. The molecule has 6 nitrogen and oxygen atoms in total. The van der Waals surface area contributed by atoms with Gasteiger partial charge < -0.3 is 14.2 Å². The van der Waals surface area contributed by atoms with Gasteiger partial charge in [0.25, 0.3) is 0 Å². The van der Waals surface area contributed by atoms with E-state index in [1.165, 1.54) is 0 Å². The maximum absolute atomic E-state index is 6.74. The molecule has 48 heavy (non-hydrogen) atoms. The molecule has 2 unspecified atom stereocenters. The standard InChI is InChI=1S/C42H28N4O2/c1-3-11-26(12-4-1)40-44-41(27-13-5-2-6-14-27)46-42(45-40)32-21-20-30(39-37(32)33-24-43-23-22-34(33)47-39)29-16-9-17-35-36(29)31-19-18-25-10-7-8-15-28(25)38(31)48-35/h1-24,40,42,45H,(H,44,46). The van der Waals surface area contributed by atoms with Gasteiger partial charge >= 0.3 is 0 Å². The van der Waals surface area contributed by atoms with Gasteiger partial charge in [0, 0.05) is 56.0 Å². The van der Waals surface area contributed by atoms with Gasteiger partial charge in [-0.05, 0) is 34.7 Å². The summed E-state index contributed by atoms with van der Waals surface area (Å²) in [7, 11) is 0. The zero-order chi connectivity index (χ0) is 31.6. The van der Waals surface area contributed by atoms with Crippen LogP contribution in [-0.2, 0) is 0 Å². The minimum absolute atomic E-state index is 0.250. The first kappa shape index (κ1) is 26.9. The number of hydrogen-bond acceptors (Lipinski definition) is 6. The van der Waals surface area contributed by atoms with E-state index in [9.17, 15) is 0 Å². The lowest BCUT2D eigenvalue weighted by Gasteiger charge is -2.32. The summed E-state index contributed by atoms with van der Waals surface area (Å²) in [5.41, 5.74) is 8.57. The summed E-state index contributed by atoms with van der Waals surface area (Å²) < 4.78 is 13.3. The molecule has 6 heteroatoms. The Bertz CT molecular complexity index is 2690. The highest BCUT2D eigenvalue weighted by molar-refractivity contribution is 6.21. The molecule has 0 bridgehead atoms. The van der Waals surface area contributed by atoms with E-state index in [0.717, 1.165) is 88.3 Å². The van der Waals surface area contributed by atoms with Gasteiger partial charge in [-0.2, -0.15) is 0 Å². The van der Waals surface area contributed by atoms with Crippen LogP contribution in [0.3, 0.4) is 0 Å². The van der Waals surface area contributed by atoms with Gasteiger partial charge in [0.05, 0.1) is 0 Å². The van der Waals surface area contributed by atoms with Crippen LogP contribution < -0.4 is 10.6 Å². The quantitative estimate of drug-likeness (QED) is 0.205. The van der Waals surface area contributed by atoms with Crippen LogP contribution in [-0.4, -0.2) is 10.8 Å². The normalized spacial score (nSPS) is 16.5. The molecule has 6 aromatic carbocycles. The van der Waals surface area contributed by atoms with Gasteiger partial charge in [-0.1, -0.05) is 115 Å². The molecule has 0 amide bonds. The van der Waals surface area contributed by atoms with Crippen LogP contribution in [0, 0.1) is 0 Å². The molecule has 1 aliphatic heterocycles. The Morgan fingerprint density at radius 1 is 0.562 bits per heavy atom. The first-order chi connectivity index (χ1) is 23.8. The van der Waals surface area contributed by atoms with Crippen molar-refractivity contribution < 1.29 is 8.83 Å². The molecule has 2 N–H and O–H groups in total. The zero-order valence-electron chi connectivity index (χ0n) is 25.7. The number of aliphatic imine (C=N–C) groups is 1. The van der Waals surface area contributed by atoms with E-state index in [2.05, 4.69) is 113 Å². The minimum Gasteiger partial charge on any atom is -0.455 e. The molecule has 10 rings (SSSR count). The van der Waals surface area contributed by atoms with Crippen molar-refractivity contribution in [2.24, 2.45) is 4.99 Å². The third kappa shape index (κ3) is 4.16. The van der Waals surface area contributed by atoms with Gasteiger partial charge in [-0.15, -0.1) is 0 Å². The number of nitrogens with zero attached hydrogens (tertiary/aromatic N) is 2. The van der Waals surface area contributed by atoms with Crippen molar-refractivity contribution in [2.45, 2.75) is 12.3 Å². The Kier molecular flexibility index (Phi) is 5.98. The highest BCUT2D eigenvalue weighted by Crippen LogP contribution is 2.45. The van der Waals surface area contributed by atoms with E-state index in [-0.39, 0.29) is 12.3 Å². The maximum Gasteiger partial charge on any atom is 0.143 e. The first-order valence-electron chi connectivity index (χ1n) is 16.1. The summed E-state index contributed by atoms with van der Waals surface area (Å²) in [6.07, 6.45) is 3.16. The number of aromatic nitrogens is 1. The average Bonchev–Trinajstić information content (AvgIpc) is 3.75. The number of amidine groups is 1. The summed E-state index contributed by atoms with van der Waals surface area (Å²) in [6, 6.07) is 45.9. The molecular formula is C42H28N4O2. The largest absolute Gasteiger partial charge is 0.455 e. The zero-order valence-corrected chi connectivity index (χ0v) is 25.7. The molecule has 0 radical (unpaired) electrons. The van der Waals surface area contributed by atoms with E-state index in [1.807, 2.05) is 42.6 Å². The molecule has 0 aliphatic carbocycles. The second kappa shape index (κ2) is 10.7. The lowest BCUT2D eigenvalue weighted by Crippen LogP contribution is -2.45. The van der Waals surface area contributed by atoms with Crippen molar-refractivity contribution >= 4 is 60.5 Å². The molecule has 0 spiro atoms. The summed E-state index contributed by atoms with van der Waals surface area (Å²) in [5.74, 6) is 0.832. The fourth-order valence-corrected chi connectivity index (χ4v) is 7.25. The van der Waals surface area contributed by atoms with Crippen LogP contribution in [0.4, 0.5) is 0 Å². The smallest absolute Gasteiger partial charge is 0.143 e. The second-order valence-corrected chi connectivity index (χ2v) is 12.2. The maximum atomic E-state index is 6.74. The van der Waals surface area contributed by atoms with Gasteiger partial charge in [-0.3, -0.25) is 10.3 Å². The monoisotopic (exact) mass is 620 g/mol. The summed E-state index contributed by atoms with van der Waals surface area (Å²) in [5, 5.41) is 13.9. The summed E-state index contributed by atoms with van der Waals surface area (Å²) in [4.78, 5) is 9.64. The predicted molar refractivity (Wildman–Crippen MR) is 193 cm³/mol. The molecular weight excluding hydrogens is 592 g/mol. The van der Waals surface area contributed by atoms with E-state index in [0.29, 0.717) is 0 Å². The van der Waals surface area contributed by atoms with Gasteiger partial charge in [-0.25, -0.2) is 4.99 Å². The number of rotatable bonds is 4.